The van der Waals surface area contributed by atoms with Gasteiger partial charge in [-0.25, -0.2) is 0 Å². The molecule has 0 aliphatic carbocycles. The van der Waals surface area contributed by atoms with Crippen molar-refractivity contribution in [1.29, 1.82) is 0 Å². The van der Waals surface area contributed by atoms with Gasteiger partial charge >= 0.3 is 0 Å². The van der Waals surface area contributed by atoms with Gasteiger partial charge in [0.2, 0.25) is 5.91 Å². The molecule has 0 aromatic rings. The number of likely N-dealkylation sites (N-methyl/N-ethyl adjacent to an activating group) is 1. The number of rotatable bonds is 5. The van der Waals surface area contributed by atoms with Crippen LogP contribution in [0.15, 0.2) is 12.7 Å². The van der Waals surface area contributed by atoms with Crippen LogP contribution in [0.2, 0.25) is 0 Å². The molecule has 0 aromatic carbocycles. The van der Waals surface area contributed by atoms with Crippen molar-refractivity contribution < 1.29 is 9.28 Å². The number of amides is 1. The second kappa shape index (κ2) is 5.02. The molecule has 0 heterocycles. The van der Waals surface area contributed by atoms with Gasteiger partial charge in [0, 0.05) is 0 Å². The van der Waals surface area contributed by atoms with Crippen molar-refractivity contribution >= 4 is 5.91 Å². The van der Waals surface area contributed by atoms with E-state index in [9.17, 15) is 4.79 Å². The fourth-order valence-electron chi connectivity index (χ4n) is 1.20. The molecule has 0 aliphatic heterocycles. The van der Waals surface area contributed by atoms with E-state index >= 15 is 0 Å². The van der Waals surface area contributed by atoms with E-state index in [2.05, 4.69) is 40.0 Å². The lowest BCUT2D eigenvalue weighted by molar-refractivity contribution is -0.871. The molecule has 1 amide bonds. The van der Waals surface area contributed by atoms with Crippen LogP contribution in [-0.4, -0.2) is 44.1 Å². The van der Waals surface area contributed by atoms with Gasteiger partial charge in [-0.15, -0.1) is 0 Å². The minimum Gasteiger partial charge on any atom is -0.344 e. The lowest BCUT2D eigenvalue weighted by Gasteiger charge is -2.28. The number of nitrogens with zero attached hydrogens (tertiary/aromatic N) is 1. The van der Waals surface area contributed by atoms with Crippen molar-refractivity contribution in [2.75, 3.05) is 27.7 Å². The molecule has 13 heavy (non-hydrogen) atoms. The summed E-state index contributed by atoms with van der Waals surface area (Å²) in [6.07, 6.45) is 2.27. The maximum absolute atomic E-state index is 11.0. The minimum absolute atomic E-state index is 0.0831. The average molecular weight is 185 g/mol. The van der Waals surface area contributed by atoms with E-state index in [4.69, 9.17) is 0 Å². The van der Waals surface area contributed by atoms with Gasteiger partial charge in [0.1, 0.15) is 0 Å². The Kier molecular flexibility index (Phi) is 4.70. The summed E-state index contributed by atoms with van der Waals surface area (Å²) < 4.78 is 0.857. The van der Waals surface area contributed by atoms with E-state index in [0.29, 0.717) is 0 Å². The topological polar surface area (TPSA) is 29.1 Å². The summed E-state index contributed by atoms with van der Waals surface area (Å²) in [6.45, 7) is 6.44. The fourth-order valence-corrected chi connectivity index (χ4v) is 1.20. The van der Waals surface area contributed by atoms with Crippen LogP contribution in [0.4, 0.5) is 0 Å². The molecule has 1 unspecified atom stereocenters. The van der Waals surface area contributed by atoms with Crippen LogP contribution in [0, 0.1) is 0 Å². The van der Waals surface area contributed by atoms with Crippen molar-refractivity contribution in [3.05, 3.63) is 12.7 Å². The highest BCUT2D eigenvalue weighted by Gasteiger charge is 2.16. The second-order valence-electron chi connectivity index (χ2n) is 4.29. The van der Waals surface area contributed by atoms with Gasteiger partial charge in [0.15, 0.2) is 0 Å². The molecule has 0 spiro atoms. The zero-order valence-corrected chi connectivity index (χ0v) is 9.13. The van der Waals surface area contributed by atoms with Crippen LogP contribution in [0.1, 0.15) is 13.3 Å². The Morgan fingerprint density at radius 1 is 1.54 bits per heavy atom. The van der Waals surface area contributed by atoms with E-state index < -0.39 is 0 Å². The Labute approximate surface area is 81.0 Å². The van der Waals surface area contributed by atoms with Crippen LogP contribution in [0.25, 0.3) is 0 Å². The summed E-state index contributed by atoms with van der Waals surface area (Å²) in [4.78, 5) is 11.0. The Morgan fingerprint density at radius 2 is 2.08 bits per heavy atom. The first kappa shape index (κ1) is 12.2. The summed E-state index contributed by atoms with van der Waals surface area (Å²) in [6, 6.07) is 0.241. The first-order valence-corrected chi connectivity index (χ1v) is 4.62. The maximum atomic E-state index is 11.0. The Hall–Kier alpha value is -0.830. The third-order valence-electron chi connectivity index (χ3n) is 1.79. The van der Waals surface area contributed by atoms with Gasteiger partial charge in [0.05, 0.1) is 33.7 Å². The first-order chi connectivity index (χ1) is 5.89. The van der Waals surface area contributed by atoms with Crippen LogP contribution < -0.4 is 5.32 Å². The molecular formula is C10H21N2O+. The van der Waals surface area contributed by atoms with E-state index in [-0.39, 0.29) is 11.9 Å². The monoisotopic (exact) mass is 185 g/mol. The van der Waals surface area contributed by atoms with Crippen molar-refractivity contribution in [2.45, 2.75) is 19.4 Å². The number of hydrogen-bond acceptors (Lipinski definition) is 1. The summed E-state index contributed by atoms with van der Waals surface area (Å²) in [5, 5.41) is 2.90. The van der Waals surface area contributed by atoms with Crippen molar-refractivity contribution in [1.82, 2.24) is 5.32 Å². The molecule has 0 radical (unpaired) electrons. The predicted molar refractivity (Wildman–Crippen MR) is 55.3 cm³/mol. The predicted octanol–water partition coefficient (Wildman–Crippen LogP) is 0.773. The third-order valence-corrected chi connectivity index (χ3v) is 1.79. The standard InChI is InChI=1S/C10H20N2O/c1-6-9(8-12(3,4)5)11-10(13)7-2/h7,9H,2,6,8H2,1,3-5H3/p+1. The van der Waals surface area contributed by atoms with Crippen molar-refractivity contribution in [3.63, 3.8) is 0 Å². The molecule has 0 saturated heterocycles. The zero-order valence-electron chi connectivity index (χ0n) is 9.13. The second-order valence-corrected chi connectivity index (χ2v) is 4.29. The van der Waals surface area contributed by atoms with Crippen LogP contribution in [-0.2, 0) is 4.79 Å². The molecule has 0 aliphatic rings. The SMILES string of the molecule is C=CC(=O)NC(CC)C[N+](C)(C)C. The van der Waals surface area contributed by atoms with E-state index in [1.54, 1.807) is 0 Å². The number of carbonyl (C=O) groups excluding carboxylic acids is 1. The highest BCUT2D eigenvalue weighted by molar-refractivity contribution is 5.87. The Morgan fingerprint density at radius 3 is 2.38 bits per heavy atom. The van der Waals surface area contributed by atoms with Crippen LogP contribution in [0.5, 0.6) is 0 Å². The average Bonchev–Trinajstić information content (AvgIpc) is 2.00. The molecule has 1 atom stereocenters. The molecule has 0 rings (SSSR count). The van der Waals surface area contributed by atoms with Gasteiger partial charge < -0.3 is 9.80 Å². The summed E-state index contributed by atoms with van der Waals surface area (Å²) in [5.41, 5.74) is 0. The number of nitrogens with one attached hydrogen (secondary N) is 1. The van der Waals surface area contributed by atoms with E-state index in [1.807, 2.05) is 0 Å². The highest BCUT2D eigenvalue weighted by atomic mass is 16.1. The molecule has 1 N–H and O–H groups in total. The lowest BCUT2D eigenvalue weighted by Crippen LogP contribution is -2.48. The summed E-state index contributed by atoms with van der Waals surface area (Å²) in [7, 11) is 6.34. The van der Waals surface area contributed by atoms with Crippen LogP contribution >= 0.6 is 0 Å². The minimum atomic E-state index is -0.0831. The normalized spacial score (nSPS) is 13.5. The molecule has 0 fully saturated rings. The molecule has 3 heteroatoms. The Balaban J connectivity index is 4.04. The van der Waals surface area contributed by atoms with Crippen molar-refractivity contribution in [2.24, 2.45) is 0 Å². The van der Waals surface area contributed by atoms with Crippen LogP contribution in [0.3, 0.4) is 0 Å². The zero-order chi connectivity index (χ0) is 10.5. The molecule has 0 aromatic heterocycles. The molecule has 76 valence electrons. The molecule has 0 saturated carbocycles. The third kappa shape index (κ3) is 6.34. The molecule has 3 nitrogen and oxygen atoms in total. The molecule has 0 bridgehead atoms. The van der Waals surface area contributed by atoms with Gasteiger partial charge in [-0.1, -0.05) is 13.5 Å². The smallest absolute Gasteiger partial charge is 0.243 e. The largest absolute Gasteiger partial charge is 0.344 e. The first-order valence-electron chi connectivity index (χ1n) is 4.62. The summed E-state index contributed by atoms with van der Waals surface area (Å²) >= 11 is 0. The highest BCUT2D eigenvalue weighted by Crippen LogP contribution is 1.98. The maximum Gasteiger partial charge on any atom is 0.243 e. The van der Waals surface area contributed by atoms with Gasteiger partial charge in [-0.2, -0.15) is 0 Å². The fraction of sp³-hybridized carbons (Fsp3) is 0.700. The lowest BCUT2D eigenvalue weighted by atomic mass is 10.2. The number of carbonyl (C=O) groups is 1. The van der Waals surface area contributed by atoms with Gasteiger partial charge in [-0.3, -0.25) is 4.79 Å². The van der Waals surface area contributed by atoms with Crippen molar-refractivity contribution in [3.8, 4) is 0 Å². The summed E-state index contributed by atoms with van der Waals surface area (Å²) in [5.74, 6) is -0.0831. The Bertz CT molecular complexity index is 182. The number of quaternary nitrogens is 1. The van der Waals surface area contributed by atoms with Gasteiger partial charge in [0.25, 0.3) is 0 Å². The van der Waals surface area contributed by atoms with Gasteiger partial charge in [-0.05, 0) is 12.5 Å². The van der Waals surface area contributed by atoms with E-state index in [1.165, 1.54) is 6.08 Å². The number of hydrogen-bond donors (Lipinski definition) is 1. The quantitative estimate of drug-likeness (QED) is 0.497. The molecular weight excluding hydrogens is 164 g/mol. The van der Waals surface area contributed by atoms with E-state index in [0.717, 1.165) is 17.4 Å².